The van der Waals surface area contributed by atoms with Crippen molar-refractivity contribution < 1.29 is 182 Å². The summed E-state index contributed by atoms with van der Waals surface area (Å²) >= 11 is 0.163. The van der Waals surface area contributed by atoms with E-state index in [-0.39, 0.29) is 29.3 Å². The molecule has 2 amide bonds. The zero-order valence-corrected chi connectivity index (χ0v) is 54.1. The van der Waals surface area contributed by atoms with Gasteiger partial charge >= 0.3 is 208 Å². The first-order chi connectivity index (χ1) is 44.4. The first-order valence-corrected chi connectivity index (χ1v) is 29.0. The SMILES string of the molecule is C=C(F)/C(F)=C(\F)C(F)(F)CC/C(F)=C(\F)C(F)=C(F)F.C=C(F)/C(F)=C(\F)C(F)(F)[CH2][Sn][CH2]c1cn(CC(=O)NCCN(CC)CC)nn1.CCN(CC)CCNC(=O)Cn1cc([125I])nn1.FC(F)(F)F.FC(F)(F)F.FC(F)(F)F.FCF.FCF.FCF.FF.FF.FF. The predicted octanol–water partition coefficient (Wildman–Crippen LogP) is 18.8. The largest absolute Gasteiger partial charge is 0.559 e. The van der Waals surface area contributed by atoms with Crippen molar-refractivity contribution in [2.45, 2.75) is 93.6 Å². The molecule has 0 spiro atoms. The van der Waals surface area contributed by atoms with E-state index in [1.807, 2.05) is 13.8 Å². The van der Waals surface area contributed by atoms with E-state index in [1.54, 1.807) is 6.20 Å². The van der Waals surface area contributed by atoms with Gasteiger partial charge in [-0.1, -0.05) is 25.6 Å². The summed E-state index contributed by atoms with van der Waals surface area (Å²) in [6.45, 7) is 14.4. The molecule has 0 aromatic carbocycles. The van der Waals surface area contributed by atoms with Crippen molar-refractivity contribution in [3.8, 4) is 0 Å². The van der Waals surface area contributed by atoms with Crippen LogP contribution in [0.25, 0.3) is 0 Å². The van der Waals surface area contributed by atoms with Crippen molar-refractivity contribution in [3.63, 3.8) is 0 Å². The van der Waals surface area contributed by atoms with Crippen LogP contribution in [0, 0.1) is 3.70 Å². The third-order valence-electron chi connectivity index (χ3n) is 8.41. The molecule has 2 N–H and O–H groups in total. The monoisotopic (exact) mass is 1740 g/mol. The molecule has 0 aliphatic carbocycles. The molecular formula is C44H54F39IN10O2Sn. The van der Waals surface area contributed by atoms with Crippen molar-refractivity contribution in [1.82, 2.24) is 50.4 Å². The number of aromatic nitrogens is 6. The van der Waals surface area contributed by atoms with Gasteiger partial charge in [0.2, 0.25) is 38.3 Å². The maximum atomic E-state index is 13.6. The Hall–Kier alpha value is -5.62. The third-order valence-corrected chi connectivity index (χ3v) is 12.6. The van der Waals surface area contributed by atoms with Crippen molar-refractivity contribution in [2.75, 3.05) is 73.1 Å². The number of carbonyl (C=O) groups excluding carboxylic acids is 2. The number of likely N-dealkylation sites (N-methyl/N-ethyl adjacent to an activating group) is 2. The Kier molecular flexibility index (Phi) is 77.0. The van der Waals surface area contributed by atoms with Crippen LogP contribution in [0.2, 0.25) is 4.44 Å². The molecule has 0 unspecified atom stereocenters. The van der Waals surface area contributed by atoms with Crippen LogP contribution >= 0.6 is 22.6 Å². The molecule has 97 heavy (non-hydrogen) atoms. The Morgan fingerprint density at radius 2 is 0.804 bits per heavy atom. The van der Waals surface area contributed by atoms with Gasteiger partial charge in [0.1, 0.15) is 16.1 Å². The van der Waals surface area contributed by atoms with Gasteiger partial charge in [-0.25, -0.2) is 53.0 Å². The van der Waals surface area contributed by atoms with E-state index < -0.39 is 149 Å². The Morgan fingerprint density at radius 1 is 0.505 bits per heavy atom. The molecule has 576 valence electrons. The number of amides is 2. The number of halogens is 40. The second-order valence-corrected chi connectivity index (χ2v) is 19.4. The van der Waals surface area contributed by atoms with E-state index >= 15 is 0 Å². The van der Waals surface area contributed by atoms with Gasteiger partial charge in [0.15, 0.2) is 17.5 Å². The van der Waals surface area contributed by atoms with Gasteiger partial charge in [-0.05, 0) is 35.7 Å². The van der Waals surface area contributed by atoms with Gasteiger partial charge in [0.25, 0.3) is 0 Å². The smallest absolute Gasteiger partial charge is 0.353 e. The van der Waals surface area contributed by atoms with Gasteiger partial charge in [-0.15, -0.1) is 57.8 Å². The molecule has 0 aliphatic rings. The first-order valence-electron chi connectivity index (χ1n) is 23.9. The van der Waals surface area contributed by atoms with Crippen molar-refractivity contribution >= 4 is 55.5 Å². The fourth-order valence-corrected chi connectivity index (χ4v) is 8.02. The predicted molar refractivity (Wildman–Crippen MR) is 276 cm³/mol. The summed E-state index contributed by atoms with van der Waals surface area (Å²) in [7, 11) is 0. The molecule has 0 saturated carbocycles. The van der Waals surface area contributed by atoms with Crippen molar-refractivity contribution in [3.05, 3.63) is 93.5 Å². The van der Waals surface area contributed by atoms with Crippen LogP contribution in [-0.4, -0.2) is 177 Å². The minimum Gasteiger partial charge on any atom is -0.353 e. The van der Waals surface area contributed by atoms with Gasteiger partial charge in [0.05, 0.1) is 6.20 Å². The van der Waals surface area contributed by atoms with Gasteiger partial charge < -0.3 is 10.2 Å². The summed E-state index contributed by atoms with van der Waals surface area (Å²) < 4.78 is 415. The topological polar surface area (TPSA) is 126 Å². The maximum Gasteiger partial charge on any atom is 0.559 e. The number of hydrogen-bond donors (Lipinski definition) is 2. The summed E-state index contributed by atoms with van der Waals surface area (Å²) in [4.78, 5) is 27.9. The zero-order valence-electron chi connectivity index (χ0n) is 49.1. The Morgan fingerprint density at radius 3 is 1.08 bits per heavy atom. The van der Waals surface area contributed by atoms with Crippen LogP contribution in [0.5, 0.6) is 0 Å². The average Bonchev–Trinajstić information content (AvgIpc) is 1.56. The fourth-order valence-electron chi connectivity index (χ4n) is 4.71. The molecule has 0 atom stereocenters. The van der Waals surface area contributed by atoms with E-state index in [0.29, 0.717) is 18.8 Å². The Bertz CT molecular complexity index is 2370. The summed E-state index contributed by atoms with van der Waals surface area (Å²) in [5.74, 6) is -31.4. The number of nitrogens with zero attached hydrogens (tertiary/aromatic N) is 8. The second-order valence-electron chi connectivity index (χ2n) is 14.9. The number of nitrogens with one attached hydrogen (secondary N) is 2. The van der Waals surface area contributed by atoms with Crippen LogP contribution in [-0.2, 0) is 27.1 Å². The van der Waals surface area contributed by atoms with E-state index in [2.05, 4.69) is 90.7 Å². The van der Waals surface area contributed by atoms with Gasteiger partial charge in [0, 0.05) is 53.4 Å². The normalized spacial score (nSPS) is 11.4. The van der Waals surface area contributed by atoms with Crippen molar-refractivity contribution in [2.24, 2.45) is 0 Å². The molecule has 0 bridgehead atoms. The standard InChI is InChI=1S/C11H6F10.C11H20N5O.C10H18IN5O.C6H4F5.3CF4.3CH2F2.3F2.Sn/c1-4(12)6(14)9(17)11(20,21)3-2-5(13)7(15)8(16)10(18)19;1-4-15(5-2)7-6-12-11(17)9-16-8-10(3)13-14-16;1-3-15(4-2)6-5-12-10(17)8-16-7-9(11)13-14-16;1-3(7)4(8)5(9)6(2,10)11;3*2-1(3,4)5;3*2-1-3;3*1-2;/h1-3H2;8H,3-7,9H2,1-2H3,(H,12,17);7H,3-6,8H2,1-2H3,(H,12,17);1-2H2;;;;3*1H2;;;;/b7-5+,9-6+;;;5-4+;;;;;;;;;;/i;;11-2;;;;;;;;;;;. The van der Waals surface area contributed by atoms with Crippen LogP contribution in [0.15, 0.2) is 84.1 Å². The number of carbonyl (C=O) groups is 2. The molecule has 0 fully saturated rings. The fraction of sp³-hybridized carbons (Fsp3) is 0.591. The molecule has 0 saturated heterocycles. The molecule has 0 aliphatic heterocycles. The average molecular weight is 1740 g/mol. The zero-order chi connectivity index (χ0) is 79.3. The van der Waals surface area contributed by atoms with Crippen molar-refractivity contribution in [1.29, 1.82) is 0 Å². The molecule has 2 aromatic heterocycles. The van der Waals surface area contributed by atoms with E-state index in [0.717, 1.165) is 43.0 Å². The van der Waals surface area contributed by atoms with E-state index in [4.69, 9.17) is 27.4 Å². The summed E-state index contributed by atoms with van der Waals surface area (Å²) in [6.07, 6.45) is -20.2. The summed E-state index contributed by atoms with van der Waals surface area (Å²) in [6, 6.07) is 0. The number of alkyl halides is 22. The quantitative estimate of drug-likeness (QED) is 0.0413. The number of hydrogen-bond acceptors (Lipinski definition) is 8. The minimum atomic E-state index is -5.50. The third kappa shape index (κ3) is 81.0. The Balaban J connectivity index is -0.000000123. The van der Waals surface area contributed by atoms with Gasteiger partial charge in [-0.2, -0.15) is 22.0 Å². The summed E-state index contributed by atoms with van der Waals surface area (Å²) in [5.41, 5.74) is 0.392. The summed E-state index contributed by atoms with van der Waals surface area (Å²) in [5, 5.41) is 20.8. The Labute approximate surface area is 546 Å². The van der Waals surface area contributed by atoms with Gasteiger partial charge in [-0.3, -0.25) is 4.79 Å². The minimum absolute atomic E-state index is 0.0292. The first kappa shape index (κ1) is 113. The van der Waals surface area contributed by atoms with E-state index in [1.165, 1.54) is 15.6 Å². The molecular weight excluding hydrogens is 1690 g/mol. The molecule has 2 rings (SSSR count). The van der Waals surface area contributed by atoms with E-state index in [9.17, 15) is 154 Å². The molecule has 12 nitrogen and oxygen atoms in total. The van der Waals surface area contributed by atoms with Crippen LogP contribution in [0.1, 0.15) is 46.2 Å². The number of rotatable bonds is 26. The molecule has 2 heterocycles. The van der Waals surface area contributed by atoms with Crippen LogP contribution < -0.4 is 10.6 Å². The molecule has 2 radical (unpaired) electrons. The van der Waals surface area contributed by atoms with Crippen LogP contribution in [0.4, 0.5) is 172 Å². The second kappa shape index (κ2) is 66.3. The maximum absolute atomic E-state index is 13.6. The number of allylic oxidation sites excluding steroid dienone is 9. The van der Waals surface area contributed by atoms with Crippen LogP contribution in [0.3, 0.4) is 0 Å². The molecule has 2 aromatic rings. The molecule has 53 heteroatoms.